The van der Waals surface area contributed by atoms with E-state index in [1.807, 2.05) is 0 Å². The molecule has 0 atom stereocenters. The molecule has 54 heavy (non-hydrogen) atoms. The summed E-state index contributed by atoms with van der Waals surface area (Å²) in [6.07, 6.45) is 0. The van der Waals surface area contributed by atoms with Gasteiger partial charge >= 0.3 is 0 Å². The van der Waals surface area contributed by atoms with E-state index in [9.17, 15) is 0 Å². The fourth-order valence-electron chi connectivity index (χ4n) is 7.92. The van der Waals surface area contributed by atoms with Crippen molar-refractivity contribution in [3.63, 3.8) is 0 Å². The number of hydrogen-bond acceptors (Lipinski definition) is 2. The monoisotopic (exact) mass is 689 g/mol. The number of furan rings is 1. The average molecular weight is 690 g/mol. The summed E-state index contributed by atoms with van der Waals surface area (Å²) in [6.45, 7) is 0. The molecule has 0 bridgehead atoms. The van der Waals surface area contributed by atoms with E-state index in [0.29, 0.717) is 0 Å². The summed E-state index contributed by atoms with van der Waals surface area (Å²) in [4.78, 5) is 2.38. The van der Waals surface area contributed by atoms with E-state index in [0.717, 1.165) is 55.5 Å². The van der Waals surface area contributed by atoms with Crippen molar-refractivity contribution >= 4 is 49.8 Å². The van der Waals surface area contributed by atoms with Crippen LogP contribution in [-0.2, 0) is 0 Å². The summed E-state index contributed by atoms with van der Waals surface area (Å²) in [5.74, 6) is 0. The van der Waals surface area contributed by atoms with Crippen molar-refractivity contribution in [1.82, 2.24) is 0 Å². The highest BCUT2D eigenvalue weighted by Crippen LogP contribution is 2.47. The summed E-state index contributed by atoms with van der Waals surface area (Å²) in [5, 5.41) is 4.52. The van der Waals surface area contributed by atoms with Crippen LogP contribution >= 0.6 is 0 Å². The highest BCUT2D eigenvalue weighted by Gasteiger charge is 2.22. The fraction of sp³-hybridized carbons (Fsp3) is 0. The Morgan fingerprint density at radius 1 is 0.315 bits per heavy atom. The standard InChI is InChI=1S/C52H35NO/c1-4-15-36(16-5-1)38-27-31-41(32-28-38)53(42-33-29-39(30-34-42)37-17-6-2-7-18-37)49-25-13-12-22-44(49)45-24-14-26-50-51(45)48-35-47(40-19-8-3-9-20-40)43-21-10-11-23-46(43)52(48)54-50/h1-35H. The third kappa shape index (κ3) is 5.53. The molecule has 0 saturated heterocycles. The van der Waals surface area contributed by atoms with Gasteiger partial charge in [0.15, 0.2) is 0 Å². The SMILES string of the molecule is c1ccc(-c2ccc(N(c3ccc(-c4ccccc4)cc3)c3ccccc3-c3cccc4oc5c6ccccc6c(-c6ccccc6)cc5c34)cc2)cc1. The lowest BCUT2D eigenvalue weighted by atomic mass is 9.92. The van der Waals surface area contributed by atoms with Crippen molar-refractivity contribution in [1.29, 1.82) is 0 Å². The van der Waals surface area contributed by atoms with Crippen LogP contribution < -0.4 is 4.90 Å². The lowest BCUT2D eigenvalue weighted by Gasteiger charge is -2.28. The molecule has 0 unspecified atom stereocenters. The molecule has 9 aromatic carbocycles. The molecule has 0 aliphatic heterocycles. The molecule has 1 aromatic heterocycles. The van der Waals surface area contributed by atoms with Gasteiger partial charge in [0, 0.05) is 33.1 Å². The first-order chi connectivity index (χ1) is 26.8. The second kappa shape index (κ2) is 13.4. The molecule has 10 rings (SSSR count). The highest BCUT2D eigenvalue weighted by atomic mass is 16.3. The highest BCUT2D eigenvalue weighted by molar-refractivity contribution is 6.22. The van der Waals surface area contributed by atoms with Crippen molar-refractivity contribution in [3.8, 4) is 44.5 Å². The number of hydrogen-bond donors (Lipinski definition) is 0. The van der Waals surface area contributed by atoms with Crippen LogP contribution in [0.15, 0.2) is 217 Å². The predicted molar refractivity (Wildman–Crippen MR) is 228 cm³/mol. The van der Waals surface area contributed by atoms with Crippen LogP contribution in [0.5, 0.6) is 0 Å². The van der Waals surface area contributed by atoms with Crippen molar-refractivity contribution < 1.29 is 4.42 Å². The molecule has 0 saturated carbocycles. The molecular weight excluding hydrogens is 655 g/mol. The van der Waals surface area contributed by atoms with Crippen LogP contribution in [-0.4, -0.2) is 0 Å². The molecule has 0 aliphatic carbocycles. The Labute approximate surface area is 314 Å². The minimum Gasteiger partial charge on any atom is -0.455 e. The van der Waals surface area contributed by atoms with Gasteiger partial charge in [-0.15, -0.1) is 0 Å². The Bertz CT molecular complexity index is 2810. The van der Waals surface area contributed by atoms with E-state index in [4.69, 9.17) is 4.42 Å². The van der Waals surface area contributed by atoms with E-state index in [1.165, 1.54) is 38.8 Å². The molecule has 0 fully saturated rings. The quantitative estimate of drug-likeness (QED) is 0.166. The van der Waals surface area contributed by atoms with E-state index in [2.05, 4.69) is 217 Å². The summed E-state index contributed by atoms with van der Waals surface area (Å²) < 4.78 is 6.79. The number of fused-ring (bicyclic) bond motifs is 5. The van der Waals surface area contributed by atoms with E-state index in [-0.39, 0.29) is 0 Å². The lowest BCUT2D eigenvalue weighted by Crippen LogP contribution is -2.11. The van der Waals surface area contributed by atoms with Gasteiger partial charge < -0.3 is 9.32 Å². The number of nitrogens with zero attached hydrogens (tertiary/aromatic N) is 1. The Hall–Kier alpha value is -7.16. The summed E-state index contributed by atoms with van der Waals surface area (Å²) in [6, 6.07) is 75.7. The van der Waals surface area contributed by atoms with Gasteiger partial charge in [0.05, 0.1) is 5.69 Å². The smallest absolute Gasteiger partial charge is 0.143 e. The first-order valence-electron chi connectivity index (χ1n) is 18.4. The lowest BCUT2D eigenvalue weighted by molar-refractivity contribution is 0.673. The first-order valence-corrected chi connectivity index (χ1v) is 18.4. The van der Waals surface area contributed by atoms with E-state index >= 15 is 0 Å². The fourth-order valence-corrected chi connectivity index (χ4v) is 7.92. The van der Waals surface area contributed by atoms with Crippen molar-refractivity contribution in [3.05, 3.63) is 212 Å². The maximum Gasteiger partial charge on any atom is 0.143 e. The molecule has 0 spiro atoms. The molecule has 0 amide bonds. The van der Waals surface area contributed by atoms with Gasteiger partial charge in [-0.1, -0.05) is 170 Å². The molecular formula is C52H35NO. The third-order valence-corrected chi connectivity index (χ3v) is 10.5. The Balaban J connectivity index is 1.19. The van der Waals surface area contributed by atoms with Crippen LogP contribution in [0.2, 0.25) is 0 Å². The average Bonchev–Trinajstić information content (AvgIpc) is 3.64. The summed E-state index contributed by atoms with van der Waals surface area (Å²) >= 11 is 0. The van der Waals surface area contributed by atoms with Gasteiger partial charge in [0.25, 0.3) is 0 Å². The van der Waals surface area contributed by atoms with Crippen LogP contribution in [0.3, 0.4) is 0 Å². The topological polar surface area (TPSA) is 16.4 Å². The number of para-hydroxylation sites is 1. The van der Waals surface area contributed by atoms with Crippen LogP contribution in [0, 0.1) is 0 Å². The minimum atomic E-state index is 0.874. The zero-order valence-electron chi connectivity index (χ0n) is 29.6. The number of rotatable bonds is 7. The third-order valence-electron chi connectivity index (χ3n) is 10.5. The zero-order chi connectivity index (χ0) is 35.8. The Morgan fingerprint density at radius 2 is 0.796 bits per heavy atom. The summed E-state index contributed by atoms with van der Waals surface area (Å²) in [7, 11) is 0. The van der Waals surface area contributed by atoms with Gasteiger partial charge in [-0.25, -0.2) is 0 Å². The van der Waals surface area contributed by atoms with Crippen LogP contribution in [0.25, 0.3) is 77.2 Å². The number of anilines is 3. The van der Waals surface area contributed by atoms with Crippen molar-refractivity contribution in [2.24, 2.45) is 0 Å². The molecule has 10 aromatic rings. The van der Waals surface area contributed by atoms with Gasteiger partial charge in [-0.3, -0.25) is 0 Å². The predicted octanol–water partition coefficient (Wildman–Crippen LogP) is 14.9. The molecule has 2 nitrogen and oxygen atoms in total. The minimum absolute atomic E-state index is 0.874. The van der Waals surface area contributed by atoms with Gasteiger partial charge in [-0.05, 0) is 86.8 Å². The molecule has 0 radical (unpaired) electrons. The van der Waals surface area contributed by atoms with E-state index in [1.54, 1.807) is 0 Å². The first kappa shape index (κ1) is 31.6. The molecule has 0 aliphatic rings. The van der Waals surface area contributed by atoms with Crippen molar-refractivity contribution in [2.45, 2.75) is 0 Å². The van der Waals surface area contributed by atoms with E-state index < -0.39 is 0 Å². The van der Waals surface area contributed by atoms with Crippen LogP contribution in [0.4, 0.5) is 17.1 Å². The zero-order valence-corrected chi connectivity index (χ0v) is 29.6. The summed E-state index contributed by atoms with van der Waals surface area (Å²) in [5.41, 5.74) is 14.4. The van der Waals surface area contributed by atoms with Gasteiger partial charge in [0.1, 0.15) is 11.2 Å². The van der Waals surface area contributed by atoms with Crippen LogP contribution in [0.1, 0.15) is 0 Å². The van der Waals surface area contributed by atoms with Gasteiger partial charge in [-0.2, -0.15) is 0 Å². The normalized spacial score (nSPS) is 11.3. The molecule has 254 valence electrons. The molecule has 1 heterocycles. The maximum atomic E-state index is 6.79. The largest absolute Gasteiger partial charge is 0.455 e. The van der Waals surface area contributed by atoms with Crippen molar-refractivity contribution in [2.75, 3.05) is 4.90 Å². The Kier molecular flexibility index (Phi) is 7.85. The maximum absolute atomic E-state index is 6.79. The van der Waals surface area contributed by atoms with Gasteiger partial charge in [0.2, 0.25) is 0 Å². The number of benzene rings is 9. The Morgan fingerprint density at radius 3 is 1.41 bits per heavy atom. The second-order valence-electron chi connectivity index (χ2n) is 13.7. The second-order valence-corrected chi connectivity index (χ2v) is 13.7. The molecule has 2 heteroatoms. The molecule has 0 N–H and O–H groups in total.